The second-order valence-corrected chi connectivity index (χ2v) is 7.24. The molecule has 3 rings (SSSR count). The maximum atomic E-state index is 12.4. The van der Waals surface area contributed by atoms with Crippen molar-refractivity contribution in [3.05, 3.63) is 24.3 Å². The summed E-state index contributed by atoms with van der Waals surface area (Å²) in [7, 11) is -3.79. The quantitative estimate of drug-likeness (QED) is 0.833. The number of nitrogens with zero attached hydrogens (tertiary/aromatic N) is 1. The average molecular weight is 281 g/mol. The van der Waals surface area contributed by atoms with Crippen LogP contribution in [-0.4, -0.2) is 29.8 Å². The van der Waals surface area contributed by atoms with Crippen LogP contribution < -0.4 is 0 Å². The van der Waals surface area contributed by atoms with Crippen molar-refractivity contribution in [3.8, 4) is 5.75 Å². The second kappa shape index (κ2) is 3.72. The maximum Gasteiger partial charge on any atom is 0.266 e. The van der Waals surface area contributed by atoms with E-state index in [1.54, 1.807) is 0 Å². The van der Waals surface area contributed by atoms with Crippen molar-refractivity contribution in [2.45, 2.75) is 37.1 Å². The van der Waals surface area contributed by atoms with Gasteiger partial charge in [-0.05, 0) is 44.0 Å². The smallest absolute Gasteiger partial charge is 0.266 e. The monoisotopic (exact) mass is 281 g/mol. The lowest BCUT2D eigenvalue weighted by Crippen LogP contribution is -2.66. The Bertz CT molecular complexity index is 637. The number of hydrogen-bond donors (Lipinski definition) is 1. The fourth-order valence-corrected chi connectivity index (χ4v) is 4.92. The van der Waals surface area contributed by atoms with E-state index in [1.807, 2.05) is 6.92 Å². The number of benzene rings is 1. The summed E-state index contributed by atoms with van der Waals surface area (Å²) in [6.45, 7) is 1.84. The van der Waals surface area contributed by atoms with Gasteiger partial charge in [-0.1, -0.05) is 6.42 Å². The van der Waals surface area contributed by atoms with E-state index in [1.165, 1.54) is 24.3 Å². The first-order valence-electron chi connectivity index (χ1n) is 6.25. The highest BCUT2D eigenvalue weighted by Crippen LogP contribution is 2.52. The van der Waals surface area contributed by atoms with Crippen LogP contribution in [0.5, 0.6) is 5.75 Å². The number of carbonyl (C=O) groups excluding carboxylic acids is 1. The zero-order chi connectivity index (χ0) is 13.8. The van der Waals surface area contributed by atoms with Crippen molar-refractivity contribution < 1.29 is 18.3 Å². The van der Waals surface area contributed by atoms with Crippen LogP contribution in [-0.2, 0) is 14.8 Å². The van der Waals surface area contributed by atoms with Crippen LogP contribution in [0.2, 0.25) is 0 Å². The Morgan fingerprint density at radius 2 is 1.95 bits per heavy atom. The van der Waals surface area contributed by atoms with Gasteiger partial charge in [0.1, 0.15) is 5.75 Å². The molecule has 1 aliphatic carbocycles. The summed E-state index contributed by atoms with van der Waals surface area (Å²) in [4.78, 5) is 12.2. The van der Waals surface area contributed by atoms with Crippen molar-refractivity contribution in [1.29, 1.82) is 0 Å². The zero-order valence-electron chi connectivity index (χ0n) is 10.5. The number of hydrogen-bond acceptors (Lipinski definition) is 4. The molecule has 5 nitrogen and oxygen atoms in total. The first-order valence-corrected chi connectivity index (χ1v) is 7.69. The zero-order valence-corrected chi connectivity index (χ0v) is 11.4. The number of fused-ring (bicyclic) bond motifs is 1. The number of phenols is 1. The fraction of sp³-hybridized carbons (Fsp3) is 0.462. The van der Waals surface area contributed by atoms with Gasteiger partial charge in [0.05, 0.1) is 16.4 Å². The van der Waals surface area contributed by atoms with E-state index in [0.717, 1.165) is 23.6 Å². The van der Waals surface area contributed by atoms with Crippen LogP contribution in [0, 0.1) is 5.41 Å². The van der Waals surface area contributed by atoms with Crippen LogP contribution in [0.15, 0.2) is 29.2 Å². The van der Waals surface area contributed by atoms with E-state index >= 15 is 0 Å². The number of amides is 1. The molecule has 0 bridgehead atoms. The highest BCUT2D eigenvalue weighted by atomic mass is 32.2. The topological polar surface area (TPSA) is 74.7 Å². The molecular weight excluding hydrogens is 266 g/mol. The lowest BCUT2D eigenvalue weighted by atomic mass is 9.77. The molecule has 102 valence electrons. The van der Waals surface area contributed by atoms with Crippen LogP contribution in [0.1, 0.15) is 26.2 Å². The molecule has 1 N–H and O–H groups in total. The van der Waals surface area contributed by atoms with Gasteiger partial charge in [-0.15, -0.1) is 0 Å². The summed E-state index contributed by atoms with van der Waals surface area (Å²) in [5, 5.41) is 9.20. The first kappa shape index (κ1) is 12.5. The molecule has 0 spiro atoms. The molecule has 1 amide bonds. The van der Waals surface area contributed by atoms with Crippen molar-refractivity contribution in [3.63, 3.8) is 0 Å². The van der Waals surface area contributed by atoms with Gasteiger partial charge in [0.2, 0.25) is 5.91 Å². The molecule has 1 heterocycles. The molecule has 6 heteroatoms. The Kier molecular flexibility index (Phi) is 2.44. The molecule has 1 aromatic carbocycles. The van der Waals surface area contributed by atoms with Crippen molar-refractivity contribution in [1.82, 2.24) is 4.31 Å². The van der Waals surface area contributed by atoms with Gasteiger partial charge >= 0.3 is 0 Å². The molecule has 0 aromatic heterocycles. The van der Waals surface area contributed by atoms with E-state index in [2.05, 4.69) is 0 Å². The molecule has 1 saturated carbocycles. The summed E-state index contributed by atoms with van der Waals surface area (Å²) in [6.07, 6.45) is 2.38. The molecule has 1 aliphatic heterocycles. The predicted octanol–water partition coefficient (Wildman–Crippen LogP) is 1.48. The largest absolute Gasteiger partial charge is 0.508 e. The van der Waals surface area contributed by atoms with Gasteiger partial charge in [0.15, 0.2) is 0 Å². The van der Waals surface area contributed by atoms with Gasteiger partial charge in [-0.2, -0.15) is 0 Å². The van der Waals surface area contributed by atoms with Crippen LogP contribution in [0.3, 0.4) is 0 Å². The molecule has 2 fully saturated rings. The van der Waals surface area contributed by atoms with E-state index in [0.29, 0.717) is 0 Å². The van der Waals surface area contributed by atoms with Gasteiger partial charge < -0.3 is 5.11 Å². The van der Waals surface area contributed by atoms with E-state index in [-0.39, 0.29) is 22.6 Å². The highest BCUT2D eigenvalue weighted by molar-refractivity contribution is 7.89. The predicted molar refractivity (Wildman–Crippen MR) is 67.9 cm³/mol. The Labute approximate surface area is 111 Å². The fourth-order valence-electron chi connectivity index (χ4n) is 3.11. The number of β-lactam (4-membered cyclic amide) rings is 1. The van der Waals surface area contributed by atoms with Crippen molar-refractivity contribution >= 4 is 15.9 Å². The summed E-state index contributed by atoms with van der Waals surface area (Å²) in [5.41, 5.74) is -0.496. The summed E-state index contributed by atoms with van der Waals surface area (Å²) in [5.74, 6) is -0.303. The Hall–Kier alpha value is -1.56. The molecule has 2 atom stereocenters. The summed E-state index contributed by atoms with van der Waals surface area (Å²) >= 11 is 0. The van der Waals surface area contributed by atoms with Gasteiger partial charge in [0.25, 0.3) is 10.0 Å². The molecule has 0 unspecified atom stereocenters. The Balaban J connectivity index is 1.98. The number of carbonyl (C=O) groups is 1. The molecule has 19 heavy (non-hydrogen) atoms. The number of rotatable bonds is 2. The van der Waals surface area contributed by atoms with Crippen LogP contribution in [0.4, 0.5) is 0 Å². The third-order valence-electron chi connectivity index (χ3n) is 4.27. The third kappa shape index (κ3) is 1.52. The molecule has 2 aliphatic rings. The minimum Gasteiger partial charge on any atom is -0.508 e. The average Bonchev–Trinajstić information content (AvgIpc) is 2.68. The van der Waals surface area contributed by atoms with E-state index in [9.17, 15) is 18.3 Å². The lowest BCUT2D eigenvalue weighted by molar-refractivity contribution is -0.154. The van der Waals surface area contributed by atoms with E-state index < -0.39 is 15.4 Å². The number of sulfonamides is 1. The minimum absolute atomic E-state index is 0.000379. The lowest BCUT2D eigenvalue weighted by Gasteiger charge is -2.49. The number of phenolic OH excluding ortho intramolecular Hbond substituents is 1. The van der Waals surface area contributed by atoms with E-state index in [4.69, 9.17) is 0 Å². The standard InChI is InChI=1S/C13H15NO4S/c1-13-8-2-3-11(13)14(12(13)16)19(17,18)10-6-4-9(15)5-7-10/h4-7,11,15H,2-3,8H2,1H3/t11-,13+/m1/s1. The molecular formula is C13H15NO4S. The van der Waals surface area contributed by atoms with Crippen LogP contribution in [0.25, 0.3) is 0 Å². The Morgan fingerprint density at radius 1 is 1.32 bits per heavy atom. The summed E-state index contributed by atoms with van der Waals surface area (Å²) in [6, 6.07) is 5.06. The SMILES string of the molecule is C[C@]12CCC[C@H]1N(S(=O)(=O)c1ccc(O)cc1)C2=O. The van der Waals surface area contributed by atoms with Gasteiger partial charge in [0, 0.05) is 0 Å². The summed E-state index contributed by atoms with van der Waals surface area (Å²) < 4.78 is 25.9. The first-order chi connectivity index (χ1) is 8.87. The maximum absolute atomic E-state index is 12.4. The second-order valence-electron chi connectivity index (χ2n) is 5.43. The molecule has 1 saturated heterocycles. The van der Waals surface area contributed by atoms with Crippen molar-refractivity contribution in [2.24, 2.45) is 5.41 Å². The van der Waals surface area contributed by atoms with Gasteiger partial charge in [-0.25, -0.2) is 12.7 Å². The van der Waals surface area contributed by atoms with Crippen molar-refractivity contribution in [2.75, 3.05) is 0 Å². The third-order valence-corrected chi connectivity index (χ3v) is 6.08. The Morgan fingerprint density at radius 3 is 2.58 bits per heavy atom. The number of aromatic hydroxyl groups is 1. The molecule has 0 radical (unpaired) electrons. The molecule has 1 aromatic rings. The van der Waals surface area contributed by atoms with Gasteiger partial charge in [-0.3, -0.25) is 4.79 Å². The minimum atomic E-state index is -3.79. The normalized spacial score (nSPS) is 30.1. The van der Waals surface area contributed by atoms with Crippen LogP contribution >= 0.6 is 0 Å². The highest BCUT2D eigenvalue weighted by Gasteiger charge is 2.63.